The Labute approximate surface area is 113 Å². The Bertz CT molecular complexity index is 428. The van der Waals surface area contributed by atoms with Gasteiger partial charge in [-0.2, -0.15) is 0 Å². The number of carbonyl (C=O) groups excluding carboxylic acids is 1. The highest BCUT2D eigenvalue weighted by Gasteiger charge is 2.17. The number of anilines is 1. The molecule has 0 atom stereocenters. The van der Waals surface area contributed by atoms with Gasteiger partial charge in [0.2, 0.25) is 5.91 Å². The van der Waals surface area contributed by atoms with Gasteiger partial charge in [0.25, 0.3) is 0 Å². The summed E-state index contributed by atoms with van der Waals surface area (Å²) in [5, 5.41) is 2.74. The van der Waals surface area contributed by atoms with E-state index in [1.807, 2.05) is 0 Å². The van der Waals surface area contributed by atoms with Crippen molar-refractivity contribution in [3.05, 3.63) is 30.1 Å². The molecule has 104 valence electrons. The van der Waals surface area contributed by atoms with E-state index in [1.54, 1.807) is 12.1 Å². The van der Waals surface area contributed by atoms with Gasteiger partial charge in [-0.25, -0.2) is 4.39 Å². The van der Waals surface area contributed by atoms with Gasteiger partial charge < -0.3 is 10.2 Å². The predicted octanol–water partition coefficient (Wildman–Crippen LogP) is 2.89. The molecule has 1 aliphatic rings. The Kier molecular flexibility index (Phi) is 4.91. The Hall–Kier alpha value is -1.42. The summed E-state index contributed by atoms with van der Waals surface area (Å²) in [4.78, 5) is 14.1. The quantitative estimate of drug-likeness (QED) is 0.907. The summed E-state index contributed by atoms with van der Waals surface area (Å²) in [5.74, 6) is 0.298. The average molecular weight is 264 g/mol. The number of benzene rings is 1. The van der Waals surface area contributed by atoms with Gasteiger partial charge in [0.15, 0.2) is 0 Å². The van der Waals surface area contributed by atoms with Gasteiger partial charge >= 0.3 is 0 Å². The third-order valence-corrected chi connectivity index (χ3v) is 3.73. The number of likely N-dealkylation sites (tertiary alicyclic amines) is 1. The van der Waals surface area contributed by atoms with E-state index in [0.717, 1.165) is 19.5 Å². The molecule has 1 fully saturated rings. The highest BCUT2D eigenvalue weighted by Crippen LogP contribution is 2.21. The first-order chi connectivity index (χ1) is 9.13. The number of piperidine rings is 1. The molecule has 1 aliphatic heterocycles. The minimum atomic E-state index is -0.326. The maximum atomic E-state index is 13.0. The van der Waals surface area contributed by atoms with Crippen molar-refractivity contribution < 1.29 is 9.18 Å². The third-order valence-electron chi connectivity index (χ3n) is 3.73. The summed E-state index contributed by atoms with van der Waals surface area (Å²) >= 11 is 0. The number of halogens is 1. The summed E-state index contributed by atoms with van der Waals surface area (Å²) in [5.41, 5.74) is 0.536. The van der Waals surface area contributed by atoms with E-state index in [9.17, 15) is 9.18 Å². The second kappa shape index (κ2) is 6.66. The highest BCUT2D eigenvalue weighted by molar-refractivity contribution is 5.90. The zero-order valence-electron chi connectivity index (χ0n) is 11.4. The first-order valence-corrected chi connectivity index (χ1v) is 6.87. The smallest absolute Gasteiger partial charge is 0.224 e. The van der Waals surface area contributed by atoms with E-state index in [0.29, 0.717) is 18.0 Å². The molecule has 19 heavy (non-hydrogen) atoms. The van der Waals surface area contributed by atoms with Gasteiger partial charge in [0.05, 0.1) is 0 Å². The van der Waals surface area contributed by atoms with Crippen LogP contribution in [0.3, 0.4) is 0 Å². The molecule has 1 amide bonds. The van der Waals surface area contributed by atoms with E-state index in [-0.39, 0.29) is 11.7 Å². The van der Waals surface area contributed by atoms with Gasteiger partial charge in [-0.15, -0.1) is 0 Å². The molecule has 1 N–H and O–H groups in total. The molecule has 0 bridgehead atoms. The van der Waals surface area contributed by atoms with Crippen LogP contribution in [0.4, 0.5) is 10.1 Å². The van der Waals surface area contributed by atoms with Crippen molar-refractivity contribution in [1.29, 1.82) is 0 Å². The number of rotatable bonds is 4. The van der Waals surface area contributed by atoms with Gasteiger partial charge in [0.1, 0.15) is 5.82 Å². The van der Waals surface area contributed by atoms with Crippen LogP contribution in [0, 0.1) is 11.7 Å². The topological polar surface area (TPSA) is 32.3 Å². The van der Waals surface area contributed by atoms with Crippen LogP contribution in [0.1, 0.15) is 25.7 Å². The van der Waals surface area contributed by atoms with Crippen LogP contribution in [0.15, 0.2) is 24.3 Å². The molecule has 1 aromatic carbocycles. The Morgan fingerprint density at radius 3 is 2.84 bits per heavy atom. The molecule has 0 spiro atoms. The Morgan fingerprint density at radius 2 is 2.16 bits per heavy atom. The molecule has 4 heteroatoms. The second-order valence-corrected chi connectivity index (χ2v) is 5.34. The number of nitrogens with zero attached hydrogens (tertiary/aromatic N) is 1. The van der Waals surface area contributed by atoms with Crippen molar-refractivity contribution in [2.75, 3.05) is 25.5 Å². The number of carbonyl (C=O) groups is 1. The molecule has 3 nitrogen and oxygen atoms in total. The molecule has 0 aromatic heterocycles. The lowest BCUT2D eigenvalue weighted by Crippen LogP contribution is -2.30. The van der Waals surface area contributed by atoms with Gasteiger partial charge in [-0.05, 0) is 63.5 Å². The second-order valence-electron chi connectivity index (χ2n) is 5.34. The van der Waals surface area contributed by atoms with Crippen LogP contribution in [0.2, 0.25) is 0 Å². The molecule has 0 radical (unpaired) electrons. The van der Waals surface area contributed by atoms with Crippen LogP contribution in [-0.4, -0.2) is 30.9 Å². The van der Waals surface area contributed by atoms with Crippen LogP contribution >= 0.6 is 0 Å². The SMILES string of the molecule is CN1CCC(CCC(=O)Nc2cccc(F)c2)CC1. The van der Waals surface area contributed by atoms with Crippen LogP contribution < -0.4 is 5.32 Å². The van der Waals surface area contributed by atoms with Crippen molar-refractivity contribution in [1.82, 2.24) is 4.90 Å². The molecular formula is C15H21FN2O. The Morgan fingerprint density at radius 1 is 1.42 bits per heavy atom. The van der Waals surface area contributed by atoms with Crippen LogP contribution in [0.5, 0.6) is 0 Å². The maximum absolute atomic E-state index is 13.0. The maximum Gasteiger partial charge on any atom is 0.224 e. The fourth-order valence-corrected chi connectivity index (χ4v) is 2.48. The zero-order chi connectivity index (χ0) is 13.7. The van der Waals surface area contributed by atoms with E-state index in [1.165, 1.54) is 25.0 Å². The number of amides is 1. The fourth-order valence-electron chi connectivity index (χ4n) is 2.48. The zero-order valence-corrected chi connectivity index (χ0v) is 11.4. The van der Waals surface area contributed by atoms with Crippen LogP contribution in [0.25, 0.3) is 0 Å². The highest BCUT2D eigenvalue weighted by atomic mass is 19.1. The lowest BCUT2D eigenvalue weighted by atomic mass is 9.92. The molecule has 0 saturated carbocycles. The third kappa shape index (κ3) is 4.63. The standard InChI is InChI=1S/C15H21FN2O/c1-18-9-7-12(8-10-18)5-6-15(19)17-14-4-2-3-13(16)11-14/h2-4,11-12H,5-10H2,1H3,(H,17,19). The lowest BCUT2D eigenvalue weighted by Gasteiger charge is -2.28. The van der Waals surface area contributed by atoms with Crippen molar-refractivity contribution in [2.45, 2.75) is 25.7 Å². The normalized spacial score (nSPS) is 17.4. The molecule has 1 heterocycles. The minimum absolute atomic E-state index is 0.0236. The molecule has 2 rings (SSSR count). The van der Waals surface area contributed by atoms with Gasteiger partial charge in [0, 0.05) is 12.1 Å². The average Bonchev–Trinajstić information content (AvgIpc) is 2.38. The predicted molar refractivity (Wildman–Crippen MR) is 74.5 cm³/mol. The van der Waals surface area contributed by atoms with Crippen molar-refractivity contribution >= 4 is 11.6 Å². The molecule has 0 aliphatic carbocycles. The van der Waals surface area contributed by atoms with E-state index in [4.69, 9.17) is 0 Å². The molecule has 1 saturated heterocycles. The molecular weight excluding hydrogens is 243 g/mol. The first kappa shape index (κ1) is 14.0. The lowest BCUT2D eigenvalue weighted by molar-refractivity contribution is -0.116. The summed E-state index contributed by atoms with van der Waals surface area (Å²) in [7, 11) is 2.13. The van der Waals surface area contributed by atoms with Crippen molar-refractivity contribution in [3.63, 3.8) is 0 Å². The summed E-state index contributed by atoms with van der Waals surface area (Å²) in [6.07, 6.45) is 3.79. The van der Waals surface area contributed by atoms with Crippen LogP contribution in [-0.2, 0) is 4.79 Å². The fraction of sp³-hybridized carbons (Fsp3) is 0.533. The largest absolute Gasteiger partial charge is 0.326 e. The number of hydrogen-bond donors (Lipinski definition) is 1. The monoisotopic (exact) mass is 264 g/mol. The summed E-state index contributed by atoms with van der Waals surface area (Å²) < 4.78 is 13.0. The number of hydrogen-bond acceptors (Lipinski definition) is 2. The summed E-state index contributed by atoms with van der Waals surface area (Å²) in [6.45, 7) is 2.24. The van der Waals surface area contributed by atoms with Crippen molar-refractivity contribution in [2.24, 2.45) is 5.92 Å². The number of nitrogens with one attached hydrogen (secondary N) is 1. The van der Waals surface area contributed by atoms with Gasteiger partial charge in [-0.1, -0.05) is 6.07 Å². The molecule has 0 unspecified atom stereocenters. The van der Waals surface area contributed by atoms with Crippen molar-refractivity contribution in [3.8, 4) is 0 Å². The minimum Gasteiger partial charge on any atom is -0.326 e. The molecule has 1 aromatic rings. The van der Waals surface area contributed by atoms with Gasteiger partial charge in [-0.3, -0.25) is 4.79 Å². The van der Waals surface area contributed by atoms with E-state index >= 15 is 0 Å². The Balaban J connectivity index is 1.73. The van der Waals surface area contributed by atoms with E-state index in [2.05, 4.69) is 17.3 Å². The van der Waals surface area contributed by atoms with E-state index < -0.39 is 0 Å². The first-order valence-electron chi connectivity index (χ1n) is 6.87. The summed E-state index contributed by atoms with van der Waals surface area (Å²) in [6, 6.07) is 6.01.